The maximum absolute atomic E-state index is 13.2. The maximum Gasteiger partial charge on any atom is 0.128 e. The number of nitrogens with one attached hydrogen (secondary N) is 1. The summed E-state index contributed by atoms with van der Waals surface area (Å²) in [5.41, 5.74) is 1.99. The Kier molecular flexibility index (Phi) is 4.15. The minimum atomic E-state index is -0.198. The smallest absolute Gasteiger partial charge is 0.128 e. The van der Waals surface area contributed by atoms with Crippen LogP contribution in [0, 0.1) is 5.82 Å². The van der Waals surface area contributed by atoms with E-state index in [9.17, 15) is 4.39 Å². The lowest BCUT2D eigenvalue weighted by atomic mass is 10.2. The zero-order chi connectivity index (χ0) is 14.7. The number of halogens is 1. The quantitative estimate of drug-likeness (QED) is 0.884. The van der Waals surface area contributed by atoms with Crippen LogP contribution in [0.5, 0.6) is 0 Å². The van der Waals surface area contributed by atoms with E-state index in [1.807, 2.05) is 36.2 Å². The molecule has 1 aromatic carbocycles. The maximum atomic E-state index is 13.2. The first-order chi connectivity index (χ1) is 10.2. The van der Waals surface area contributed by atoms with Gasteiger partial charge in [-0.3, -0.25) is 0 Å². The summed E-state index contributed by atoms with van der Waals surface area (Å²) < 4.78 is 13.2. The van der Waals surface area contributed by atoms with Gasteiger partial charge >= 0.3 is 0 Å². The first-order valence-electron chi connectivity index (χ1n) is 7.35. The average Bonchev–Trinajstić information content (AvgIpc) is 3.30. The molecule has 0 spiro atoms. The van der Waals surface area contributed by atoms with Crippen molar-refractivity contribution >= 4 is 5.82 Å². The molecule has 0 bridgehead atoms. The van der Waals surface area contributed by atoms with E-state index in [1.165, 1.54) is 18.9 Å². The van der Waals surface area contributed by atoms with Crippen LogP contribution in [0.4, 0.5) is 10.2 Å². The molecule has 2 aromatic rings. The summed E-state index contributed by atoms with van der Waals surface area (Å²) in [6, 6.07) is 13.4. The zero-order valence-electron chi connectivity index (χ0n) is 12.2. The summed E-state index contributed by atoms with van der Waals surface area (Å²) in [6.07, 6.45) is 2.55. The van der Waals surface area contributed by atoms with Crippen molar-refractivity contribution in [1.82, 2.24) is 10.3 Å². The van der Waals surface area contributed by atoms with Crippen LogP contribution < -0.4 is 10.2 Å². The second kappa shape index (κ2) is 6.22. The molecule has 1 N–H and O–H groups in total. The van der Waals surface area contributed by atoms with Crippen LogP contribution in [0.2, 0.25) is 0 Å². The molecule has 3 nitrogen and oxygen atoms in total. The lowest BCUT2D eigenvalue weighted by molar-refractivity contribution is 0.625. The highest BCUT2D eigenvalue weighted by Crippen LogP contribution is 2.19. The van der Waals surface area contributed by atoms with E-state index in [4.69, 9.17) is 0 Å². The number of pyridine rings is 1. The van der Waals surface area contributed by atoms with E-state index in [-0.39, 0.29) is 5.82 Å². The molecule has 1 heterocycles. The Bertz CT molecular complexity index is 610. The van der Waals surface area contributed by atoms with E-state index in [1.54, 1.807) is 12.1 Å². The Hall–Kier alpha value is -1.94. The minimum absolute atomic E-state index is 0.198. The van der Waals surface area contributed by atoms with Gasteiger partial charge in [-0.1, -0.05) is 18.2 Å². The Morgan fingerprint density at radius 3 is 2.81 bits per heavy atom. The van der Waals surface area contributed by atoms with Gasteiger partial charge in [-0.2, -0.15) is 0 Å². The zero-order valence-corrected chi connectivity index (χ0v) is 12.2. The molecule has 0 radical (unpaired) electrons. The van der Waals surface area contributed by atoms with Crippen LogP contribution in [-0.2, 0) is 13.1 Å². The van der Waals surface area contributed by atoms with Gasteiger partial charge in [0.2, 0.25) is 0 Å². The summed E-state index contributed by atoms with van der Waals surface area (Å²) in [4.78, 5) is 6.70. The SMILES string of the molecule is CN(Cc1cccc(F)c1)c1cccc(CNC2CC2)n1. The fourth-order valence-corrected chi connectivity index (χ4v) is 2.30. The topological polar surface area (TPSA) is 28.2 Å². The molecule has 4 heteroatoms. The summed E-state index contributed by atoms with van der Waals surface area (Å²) in [5, 5.41) is 3.47. The second-order valence-corrected chi connectivity index (χ2v) is 5.63. The van der Waals surface area contributed by atoms with Crippen molar-refractivity contribution in [1.29, 1.82) is 0 Å². The van der Waals surface area contributed by atoms with Crippen molar-refractivity contribution in [2.45, 2.75) is 32.0 Å². The Morgan fingerprint density at radius 1 is 1.24 bits per heavy atom. The van der Waals surface area contributed by atoms with E-state index >= 15 is 0 Å². The van der Waals surface area contributed by atoms with Crippen molar-refractivity contribution in [3.8, 4) is 0 Å². The Morgan fingerprint density at radius 2 is 2.05 bits per heavy atom. The van der Waals surface area contributed by atoms with Gasteiger partial charge in [-0.05, 0) is 42.7 Å². The predicted molar refractivity (Wildman–Crippen MR) is 82.6 cm³/mol. The van der Waals surface area contributed by atoms with Gasteiger partial charge in [0.1, 0.15) is 11.6 Å². The largest absolute Gasteiger partial charge is 0.355 e. The number of rotatable bonds is 6. The number of aromatic nitrogens is 1. The van der Waals surface area contributed by atoms with Gasteiger partial charge < -0.3 is 10.2 Å². The van der Waals surface area contributed by atoms with Crippen LogP contribution in [0.1, 0.15) is 24.1 Å². The molecule has 0 atom stereocenters. The molecule has 0 aliphatic heterocycles. The van der Waals surface area contributed by atoms with E-state index in [0.717, 1.165) is 23.6 Å². The van der Waals surface area contributed by atoms with Crippen molar-refractivity contribution in [3.63, 3.8) is 0 Å². The summed E-state index contributed by atoms with van der Waals surface area (Å²) in [7, 11) is 1.98. The van der Waals surface area contributed by atoms with Gasteiger partial charge in [0, 0.05) is 26.2 Å². The molecule has 1 aliphatic carbocycles. The molecule has 0 saturated heterocycles. The number of hydrogen-bond acceptors (Lipinski definition) is 3. The van der Waals surface area contributed by atoms with Crippen LogP contribution in [0.15, 0.2) is 42.5 Å². The fourth-order valence-electron chi connectivity index (χ4n) is 2.30. The molecule has 0 unspecified atom stereocenters. The van der Waals surface area contributed by atoms with Gasteiger partial charge in [-0.25, -0.2) is 9.37 Å². The van der Waals surface area contributed by atoms with Crippen LogP contribution in [0.25, 0.3) is 0 Å². The van der Waals surface area contributed by atoms with Crippen LogP contribution >= 0.6 is 0 Å². The summed E-state index contributed by atoms with van der Waals surface area (Å²) in [5.74, 6) is 0.714. The number of hydrogen-bond donors (Lipinski definition) is 1. The fraction of sp³-hybridized carbons (Fsp3) is 0.353. The van der Waals surface area contributed by atoms with Crippen LogP contribution in [-0.4, -0.2) is 18.1 Å². The van der Waals surface area contributed by atoms with Crippen molar-refractivity contribution in [2.24, 2.45) is 0 Å². The third-order valence-electron chi connectivity index (χ3n) is 3.64. The van der Waals surface area contributed by atoms with E-state index in [0.29, 0.717) is 12.6 Å². The van der Waals surface area contributed by atoms with Gasteiger partial charge in [-0.15, -0.1) is 0 Å². The van der Waals surface area contributed by atoms with Gasteiger partial charge in [0.25, 0.3) is 0 Å². The highest BCUT2D eigenvalue weighted by Gasteiger charge is 2.20. The first kappa shape index (κ1) is 14.0. The number of benzene rings is 1. The van der Waals surface area contributed by atoms with E-state index in [2.05, 4.69) is 10.3 Å². The highest BCUT2D eigenvalue weighted by molar-refractivity contribution is 5.39. The third-order valence-corrected chi connectivity index (χ3v) is 3.64. The summed E-state index contributed by atoms with van der Waals surface area (Å²) in [6.45, 7) is 1.45. The highest BCUT2D eigenvalue weighted by atomic mass is 19.1. The van der Waals surface area contributed by atoms with Gasteiger partial charge in [0.05, 0.1) is 5.69 Å². The normalized spacial score (nSPS) is 14.2. The molecule has 1 fully saturated rings. The molecule has 1 aromatic heterocycles. The molecule has 110 valence electrons. The molecule has 0 amide bonds. The number of anilines is 1. The van der Waals surface area contributed by atoms with Crippen LogP contribution in [0.3, 0.4) is 0 Å². The van der Waals surface area contributed by atoms with Crippen molar-refractivity contribution < 1.29 is 4.39 Å². The standard InChI is InChI=1S/C17H20FN3/c1-21(12-13-4-2-5-14(18)10-13)17-7-3-6-16(20-17)11-19-15-8-9-15/h2-7,10,15,19H,8-9,11-12H2,1H3. The average molecular weight is 285 g/mol. The second-order valence-electron chi connectivity index (χ2n) is 5.63. The Labute approximate surface area is 124 Å². The van der Waals surface area contributed by atoms with Gasteiger partial charge in [0.15, 0.2) is 0 Å². The molecule has 21 heavy (non-hydrogen) atoms. The van der Waals surface area contributed by atoms with Crippen molar-refractivity contribution in [2.75, 3.05) is 11.9 Å². The molecule has 1 saturated carbocycles. The Balaban J connectivity index is 1.65. The summed E-state index contributed by atoms with van der Waals surface area (Å²) >= 11 is 0. The molecular weight excluding hydrogens is 265 g/mol. The monoisotopic (exact) mass is 285 g/mol. The van der Waals surface area contributed by atoms with Crippen molar-refractivity contribution in [3.05, 3.63) is 59.5 Å². The first-order valence-corrected chi connectivity index (χ1v) is 7.35. The molecule has 3 rings (SSSR count). The molecular formula is C17H20FN3. The lowest BCUT2D eigenvalue weighted by Gasteiger charge is -2.19. The molecule has 1 aliphatic rings. The minimum Gasteiger partial charge on any atom is -0.355 e. The third kappa shape index (κ3) is 4.02. The number of nitrogens with zero attached hydrogens (tertiary/aromatic N) is 2. The predicted octanol–water partition coefficient (Wildman–Crippen LogP) is 3.11. The lowest BCUT2D eigenvalue weighted by Crippen LogP contribution is -2.20. The van der Waals surface area contributed by atoms with E-state index < -0.39 is 0 Å².